The van der Waals surface area contributed by atoms with Crippen LogP contribution in [0.5, 0.6) is 5.75 Å². The van der Waals surface area contributed by atoms with Crippen molar-refractivity contribution >= 4 is 0 Å². The molecular formula is C15H24N2O. The van der Waals surface area contributed by atoms with Gasteiger partial charge >= 0.3 is 0 Å². The molecule has 1 saturated heterocycles. The number of para-hydroxylation sites is 1. The second kappa shape index (κ2) is 6.76. The van der Waals surface area contributed by atoms with Gasteiger partial charge in [0.15, 0.2) is 0 Å². The number of hydrogen-bond acceptors (Lipinski definition) is 3. The SMILES string of the molecule is C[C@H](N)c1ccccc1OCCN1CCCCC1. The highest BCUT2D eigenvalue weighted by Gasteiger charge is 2.11. The van der Waals surface area contributed by atoms with Gasteiger partial charge in [-0.05, 0) is 38.9 Å². The van der Waals surface area contributed by atoms with Gasteiger partial charge in [0.25, 0.3) is 0 Å². The summed E-state index contributed by atoms with van der Waals surface area (Å²) in [5, 5.41) is 0. The molecule has 0 bridgehead atoms. The molecule has 1 atom stereocenters. The molecule has 1 aromatic rings. The summed E-state index contributed by atoms with van der Waals surface area (Å²) < 4.78 is 5.88. The maximum absolute atomic E-state index is 5.94. The summed E-state index contributed by atoms with van der Waals surface area (Å²) in [4.78, 5) is 2.48. The van der Waals surface area contributed by atoms with E-state index in [2.05, 4.69) is 4.90 Å². The fraction of sp³-hybridized carbons (Fsp3) is 0.600. The van der Waals surface area contributed by atoms with Crippen LogP contribution in [-0.4, -0.2) is 31.1 Å². The van der Waals surface area contributed by atoms with Crippen molar-refractivity contribution in [2.45, 2.75) is 32.2 Å². The van der Waals surface area contributed by atoms with Crippen molar-refractivity contribution in [1.82, 2.24) is 4.90 Å². The Labute approximate surface area is 110 Å². The van der Waals surface area contributed by atoms with Crippen molar-refractivity contribution in [2.24, 2.45) is 5.73 Å². The lowest BCUT2D eigenvalue weighted by atomic mass is 10.1. The Kier molecular flexibility index (Phi) is 5.02. The summed E-state index contributed by atoms with van der Waals surface area (Å²) in [5.74, 6) is 0.935. The van der Waals surface area contributed by atoms with E-state index >= 15 is 0 Å². The predicted octanol–water partition coefficient (Wildman–Crippen LogP) is 2.57. The largest absolute Gasteiger partial charge is 0.492 e. The zero-order valence-electron chi connectivity index (χ0n) is 11.3. The highest BCUT2D eigenvalue weighted by molar-refractivity contribution is 5.35. The lowest BCUT2D eigenvalue weighted by Crippen LogP contribution is -2.33. The molecule has 100 valence electrons. The Balaban J connectivity index is 1.82. The van der Waals surface area contributed by atoms with Crippen LogP contribution in [-0.2, 0) is 0 Å². The van der Waals surface area contributed by atoms with E-state index in [0.29, 0.717) is 0 Å². The van der Waals surface area contributed by atoms with Crippen LogP contribution in [0, 0.1) is 0 Å². The molecule has 1 fully saturated rings. The average Bonchev–Trinajstić information content (AvgIpc) is 2.40. The van der Waals surface area contributed by atoms with Crippen LogP contribution in [0.3, 0.4) is 0 Å². The second-order valence-corrected chi connectivity index (χ2v) is 5.08. The summed E-state index contributed by atoms with van der Waals surface area (Å²) in [5.41, 5.74) is 7.03. The monoisotopic (exact) mass is 248 g/mol. The van der Waals surface area contributed by atoms with E-state index in [1.165, 1.54) is 32.4 Å². The molecule has 0 radical (unpaired) electrons. The van der Waals surface area contributed by atoms with Gasteiger partial charge in [-0.2, -0.15) is 0 Å². The molecule has 0 amide bonds. The van der Waals surface area contributed by atoms with Gasteiger partial charge in [-0.15, -0.1) is 0 Å². The maximum Gasteiger partial charge on any atom is 0.124 e. The first-order chi connectivity index (χ1) is 8.77. The fourth-order valence-corrected chi connectivity index (χ4v) is 2.46. The van der Waals surface area contributed by atoms with Gasteiger partial charge in [-0.25, -0.2) is 0 Å². The van der Waals surface area contributed by atoms with E-state index in [-0.39, 0.29) is 6.04 Å². The minimum Gasteiger partial charge on any atom is -0.492 e. The van der Waals surface area contributed by atoms with Crippen molar-refractivity contribution in [2.75, 3.05) is 26.2 Å². The van der Waals surface area contributed by atoms with Crippen LogP contribution >= 0.6 is 0 Å². The van der Waals surface area contributed by atoms with Gasteiger partial charge < -0.3 is 10.5 Å². The molecule has 0 aliphatic carbocycles. The Bertz CT molecular complexity index is 359. The molecule has 0 unspecified atom stereocenters. The third-order valence-corrected chi connectivity index (χ3v) is 3.52. The first-order valence-corrected chi connectivity index (χ1v) is 6.97. The first-order valence-electron chi connectivity index (χ1n) is 6.97. The molecule has 1 aromatic carbocycles. The molecule has 1 aliphatic rings. The van der Waals surface area contributed by atoms with E-state index in [9.17, 15) is 0 Å². The van der Waals surface area contributed by atoms with Crippen molar-refractivity contribution in [3.63, 3.8) is 0 Å². The van der Waals surface area contributed by atoms with Crippen LogP contribution in [0.25, 0.3) is 0 Å². The molecule has 3 heteroatoms. The summed E-state index contributed by atoms with van der Waals surface area (Å²) >= 11 is 0. The lowest BCUT2D eigenvalue weighted by molar-refractivity contribution is 0.182. The number of nitrogens with two attached hydrogens (primary N) is 1. The number of piperidine rings is 1. The molecule has 2 N–H and O–H groups in total. The quantitative estimate of drug-likeness (QED) is 0.870. The Morgan fingerprint density at radius 3 is 2.67 bits per heavy atom. The topological polar surface area (TPSA) is 38.5 Å². The zero-order chi connectivity index (χ0) is 12.8. The fourth-order valence-electron chi connectivity index (χ4n) is 2.46. The molecular weight excluding hydrogens is 224 g/mol. The molecule has 0 aromatic heterocycles. The van der Waals surface area contributed by atoms with E-state index in [0.717, 1.165) is 24.5 Å². The third kappa shape index (κ3) is 3.72. The minimum atomic E-state index is 0.0242. The third-order valence-electron chi connectivity index (χ3n) is 3.52. The second-order valence-electron chi connectivity index (χ2n) is 5.08. The van der Waals surface area contributed by atoms with Gasteiger partial charge in [0.05, 0.1) is 0 Å². The van der Waals surface area contributed by atoms with Crippen LogP contribution in [0.2, 0.25) is 0 Å². The standard InChI is InChI=1S/C15H24N2O/c1-13(16)14-7-3-4-8-15(14)18-12-11-17-9-5-2-6-10-17/h3-4,7-8,13H,2,5-6,9-12,16H2,1H3/t13-/m0/s1. The minimum absolute atomic E-state index is 0.0242. The number of nitrogens with zero attached hydrogens (tertiary/aromatic N) is 1. The molecule has 18 heavy (non-hydrogen) atoms. The number of rotatable bonds is 5. The van der Waals surface area contributed by atoms with Crippen LogP contribution in [0.1, 0.15) is 37.8 Å². The smallest absolute Gasteiger partial charge is 0.124 e. The molecule has 1 heterocycles. The van der Waals surface area contributed by atoms with Gasteiger partial charge in [-0.1, -0.05) is 24.6 Å². The molecule has 1 aliphatic heterocycles. The average molecular weight is 248 g/mol. The molecule has 3 nitrogen and oxygen atoms in total. The van der Waals surface area contributed by atoms with Gasteiger partial charge in [-0.3, -0.25) is 4.90 Å². The molecule has 0 saturated carbocycles. The van der Waals surface area contributed by atoms with Crippen molar-refractivity contribution < 1.29 is 4.74 Å². The van der Waals surface area contributed by atoms with Crippen LogP contribution in [0.15, 0.2) is 24.3 Å². The summed E-state index contributed by atoms with van der Waals surface area (Å²) in [6.07, 6.45) is 4.04. The number of hydrogen-bond donors (Lipinski definition) is 1. The highest BCUT2D eigenvalue weighted by atomic mass is 16.5. The Hall–Kier alpha value is -1.06. The first kappa shape index (κ1) is 13.4. The maximum atomic E-state index is 5.94. The van der Waals surface area contributed by atoms with Gasteiger partial charge in [0, 0.05) is 18.2 Å². The van der Waals surface area contributed by atoms with Crippen LogP contribution < -0.4 is 10.5 Å². The van der Waals surface area contributed by atoms with E-state index < -0.39 is 0 Å². The highest BCUT2D eigenvalue weighted by Crippen LogP contribution is 2.23. The lowest BCUT2D eigenvalue weighted by Gasteiger charge is -2.26. The van der Waals surface area contributed by atoms with Crippen molar-refractivity contribution in [3.8, 4) is 5.75 Å². The summed E-state index contributed by atoms with van der Waals surface area (Å²) in [7, 11) is 0. The Morgan fingerprint density at radius 1 is 1.22 bits per heavy atom. The van der Waals surface area contributed by atoms with E-state index in [1.807, 2.05) is 31.2 Å². The normalized spacial score (nSPS) is 18.6. The molecule has 0 spiro atoms. The summed E-state index contributed by atoms with van der Waals surface area (Å²) in [6, 6.07) is 8.09. The summed E-state index contributed by atoms with van der Waals surface area (Å²) in [6.45, 7) is 6.21. The van der Waals surface area contributed by atoms with Crippen molar-refractivity contribution in [3.05, 3.63) is 29.8 Å². The van der Waals surface area contributed by atoms with E-state index in [4.69, 9.17) is 10.5 Å². The van der Waals surface area contributed by atoms with E-state index in [1.54, 1.807) is 0 Å². The Morgan fingerprint density at radius 2 is 1.94 bits per heavy atom. The van der Waals surface area contributed by atoms with Gasteiger partial charge in [0.1, 0.15) is 12.4 Å². The number of ether oxygens (including phenoxy) is 1. The van der Waals surface area contributed by atoms with Crippen LogP contribution in [0.4, 0.5) is 0 Å². The van der Waals surface area contributed by atoms with Gasteiger partial charge in [0.2, 0.25) is 0 Å². The number of benzene rings is 1. The zero-order valence-corrected chi connectivity index (χ0v) is 11.3. The number of likely N-dealkylation sites (tertiary alicyclic amines) is 1. The van der Waals surface area contributed by atoms with Crippen molar-refractivity contribution in [1.29, 1.82) is 0 Å². The molecule has 2 rings (SSSR count). The predicted molar refractivity (Wildman–Crippen MR) is 74.8 cm³/mol.